The molecular formula is C12H9IN2O3. The Bertz CT molecular complexity index is 609. The van der Waals surface area contributed by atoms with Gasteiger partial charge < -0.3 is 14.0 Å². The zero-order valence-corrected chi connectivity index (χ0v) is 11.5. The van der Waals surface area contributed by atoms with Crippen molar-refractivity contribution in [2.75, 3.05) is 6.79 Å². The summed E-state index contributed by atoms with van der Waals surface area (Å²) in [4.78, 5) is 15.1. The average molecular weight is 356 g/mol. The number of halogens is 1. The molecule has 2 heterocycles. The number of aldehydes is 1. The molecule has 3 rings (SSSR count). The maximum Gasteiger partial charge on any atom is 0.231 e. The van der Waals surface area contributed by atoms with Gasteiger partial charge in [-0.2, -0.15) is 0 Å². The molecule has 0 spiro atoms. The number of carbonyl (C=O) groups excluding carboxylic acids is 1. The van der Waals surface area contributed by atoms with E-state index in [1.54, 1.807) is 6.33 Å². The van der Waals surface area contributed by atoms with Gasteiger partial charge in [-0.25, -0.2) is 4.98 Å². The highest BCUT2D eigenvalue weighted by Crippen LogP contribution is 2.32. The summed E-state index contributed by atoms with van der Waals surface area (Å²) in [5, 5.41) is 0. The number of hydrogen-bond acceptors (Lipinski definition) is 4. The summed E-state index contributed by atoms with van der Waals surface area (Å²) >= 11 is 2.05. The van der Waals surface area contributed by atoms with E-state index in [1.165, 1.54) is 0 Å². The second-order valence-corrected chi connectivity index (χ2v) is 4.88. The van der Waals surface area contributed by atoms with Gasteiger partial charge in [0.1, 0.15) is 9.39 Å². The molecule has 0 amide bonds. The van der Waals surface area contributed by atoms with Gasteiger partial charge in [0.05, 0.1) is 6.33 Å². The largest absolute Gasteiger partial charge is 0.454 e. The average Bonchev–Trinajstić information content (AvgIpc) is 2.96. The molecule has 0 radical (unpaired) electrons. The molecule has 0 aliphatic carbocycles. The predicted molar refractivity (Wildman–Crippen MR) is 72.0 cm³/mol. The Kier molecular flexibility index (Phi) is 2.94. The standard InChI is InChI=1S/C12H9IN2O3/c13-12-9(5-16)15(6-14-12)4-8-1-2-10-11(3-8)18-7-17-10/h1-3,5-6H,4,7H2. The molecule has 2 aromatic rings. The molecule has 1 aliphatic rings. The van der Waals surface area contributed by atoms with Crippen LogP contribution in [0.1, 0.15) is 16.1 Å². The Morgan fingerprint density at radius 3 is 3.06 bits per heavy atom. The molecule has 6 heteroatoms. The first-order valence-corrected chi connectivity index (χ1v) is 6.40. The van der Waals surface area contributed by atoms with Crippen molar-refractivity contribution < 1.29 is 14.3 Å². The van der Waals surface area contributed by atoms with E-state index in [0.717, 1.165) is 23.3 Å². The lowest BCUT2D eigenvalue weighted by atomic mass is 10.2. The van der Waals surface area contributed by atoms with Crippen molar-refractivity contribution in [3.8, 4) is 11.5 Å². The minimum absolute atomic E-state index is 0.265. The Morgan fingerprint density at radius 1 is 1.39 bits per heavy atom. The topological polar surface area (TPSA) is 53.4 Å². The highest BCUT2D eigenvalue weighted by Gasteiger charge is 2.14. The van der Waals surface area contributed by atoms with Crippen LogP contribution in [0.4, 0.5) is 0 Å². The van der Waals surface area contributed by atoms with Crippen molar-refractivity contribution in [1.82, 2.24) is 9.55 Å². The summed E-state index contributed by atoms with van der Waals surface area (Å²) in [6, 6.07) is 5.75. The fourth-order valence-electron chi connectivity index (χ4n) is 1.85. The molecule has 1 aromatic heterocycles. The molecule has 92 valence electrons. The monoisotopic (exact) mass is 356 g/mol. The number of carbonyl (C=O) groups is 1. The number of nitrogens with zero attached hydrogens (tertiary/aromatic N) is 2. The van der Waals surface area contributed by atoms with Gasteiger partial charge in [-0.1, -0.05) is 6.07 Å². The third-order valence-corrected chi connectivity index (χ3v) is 3.56. The Balaban J connectivity index is 1.90. The zero-order chi connectivity index (χ0) is 12.5. The van der Waals surface area contributed by atoms with E-state index >= 15 is 0 Å². The summed E-state index contributed by atoms with van der Waals surface area (Å²) in [6.07, 6.45) is 2.48. The van der Waals surface area contributed by atoms with Crippen LogP contribution in [0.25, 0.3) is 0 Å². The van der Waals surface area contributed by atoms with E-state index in [-0.39, 0.29) is 6.79 Å². The molecule has 0 saturated heterocycles. The minimum atomic E-state index is 0.265. The van der Waals surface area contributed by atoms with Crippen molar-refractivity contribution in [2.24, 2.45) is 0 Å². The van der Waals surface area contributed by atoms with Crippen molar-refractivity contribution in [3.05, 3.63) is 39.5 Å². The smallest absolute Gasteiger partial charge is 0.231 e. The zero-order valence-electron chi connectivity index (χ0n) is 9.30. The van der Waals surface area contributed by atoms with Crippen LogP contribution in [-0.4, -0.2) is 22.6 Å². The Hall–Kier alpha value is -1.57. The molecule has 1 aliphatic heterocycles. The number of ether oxygens (including phenoxy) is 2. The molecule has 0 bridgehead atoms. The maximum atomic E-state index is 11.0. The van der Waals surface area contributed by atoms with Crippen LogP contribution >= 0.6 is 22.6 Å². The molecule has 0 atom stereocenters. The van der Waals surface area contributed by atoms with Crippen molar-refractivity contribution in [2.45, 2.75) is 6.54 Å². The summed E-state index contributed by atoms with van der Waals surface area (Å²) in [7, 11) is 0. The van der Waals surface area contributed by atoms with E-state index in [2.05, 4.69) is 4.98 Å². The molecule has 0 unspecified atom stereocenters. The van der Waals surface area contributed by atoms with Crippen LogP contribution in [-0.2, 0) is 6.54 Å². The number of fused-ring (bicyclic) bond motifs is 1. The predicted octanol–water partition coefficient (Wildman–Crippen LogP) is 2.08. The lowest BCUT2D eigenvalue weighted by Crippen LogP contribution is -2.03. The third kappa shape index (κ3) is 1.96. The molecule has 0 saturated carbocycles. The van der Waals surface area contributed by atoms with E-state index < -0.39 is 0 Å². The SMILES string of the molecule is O=Cc1c(I)ncn1Cc1ccc2c(c1)OCO2. The minimum Gasteiger partial charge on any atom is -0.454 e. The van der Waals surface area contributed by atoms with E-state index in [4.69, 9.17) is 9.47 Å². The highest BCUT2D eigenvalue weighted by molar-refractivity contribution is 14.1. The fraction of sp³-hybridized carbons (Fsp3) is 0.167. The van der Waals surface area contributed by atoms with Crippen LogP contribution in [0, 0.1) is 3.70 Å². The number of aromatic nitrogens is 2. The van der Waals surface area contributed by atoms with Crippen molar-refractivity contribution in [3.63, 3.8) is 0 Å². The van der Waals surface area contributed by atoms with Gasteiger partial charge in [-0.05, 0) is 40.3 Å². The van der Waals surface area contributed by atoms with Crippen molar-refractivity contribution >= 4 is 28.9 Å². The lowest BCUT2D eigenvalue weighted by Gasteiger charge is -2.05. The van der Waals surface area contributed by atoms with Crippen LogP contribution in [0.3, 0.4) is 0 Å². The number of imidazole rings is 1. The van der Waals surface area contributed by atoms with E-state index in [9.17, 15) is 4.79 Å². The molecule has 0 N–H and O–H groups in total. The van der Waals surface area contributed by atoms with Gasteiger partial charge in [-0.3, -0.25) is 4.79 Å². The summed E-state index contributed by atoms with van der Waals surface area (Å²) < 4.78 is 13.1. The van der Waals surface area contributed by atoms with Gasteiger partial charge >= 0.3 is 0 Å². The van der Waals surface area contributed by atoms with E-state index in [0.29, 0.717) is 15.9 Å². The van der Waals surface area contributed by atoms with Gasteiger partial charge in [-0.15, -0.1) is 0 Å². The second-order valence-electron chi connectivity index (χ2n) is 3.85. The van der Waals surface area contributed by atoms with Gasteiger partial charge in [0.25, 0.3) is 0 Å². The van der Waals surface area contributed by atoms with E-state index in [1.807, 2.05) is 45.4 Å². The van der Waals surface area contributed by atoms with Crippen molar-refractivity contribution in [1.29, 1.82) is 0 Å². The molecule has 0 fully saturated rings. The van der Waals surface area contributed by atoms with Gasteiger partial charge in [0.2, 0.25) is 6.79 Å². The highest BCUT2D eigenvalue weighted by atomic mass is 127. The fourth-order valence-corrected chi connectivity index (χ4v) is 2.41. The van der Waals surface area contributed by atoms with Gasteiger partial charge in [0, 0.05) is 6.54 Å². The molecule has 18 heavy (non-hydrogen) atoms. The summed E-state index contributed by atoms with van der Waals surface area (Å²) in [5.74, 6) is 1.50. The van der Waals surface area contributed by atoms with Crippen LogP contribution in [0.5, 0.6) is 11.5 Å². The first-order chi connectivity index (χ1) is 8.78. The quantitative estimate of drug-likeness (QED) is 0.624. The van der Waals surface area contributed by atoms with Gasteiger partial charge in [0.15, 0.2) is 17.8 Å². The first kappa shape index (κ1) is 11.5. The molecule has 5 nitrogen and oxygen atoms in total. The first-order valence-electron chi connectivity index (χ1n) is 5.32. The number of benzene rings is 1. The van der Waals surface area contributed by atoms with Crippen LogP contribution < -0.4 is 9.47 Å². The maximum absolute atomic E-state index is 11.0. The molecule has 1 aromatic carbocycles. The number of hydrogen-bond donors (Lipinski definition) is 0. The number of rotatable bonds is 3. The Labute approximate surface area is 117 Å². The van der Waals surface area contributed by atoms with Crippen LogP contribution in [0.2, 0.25) is 0 Å². The Morgan fingerprint density at radius 2 is 2.22 bits per heavy atom. The summed E-state index contributed by atoms with van der Waals surface area (Å²) in [6.45, 7) is 0.849. The van der Waals surface area contributed by atoms with Crippen LogP contribution in [0.15, 0.2) is 24.5 Å². The molecular weight excluding hydrogens is 347 g/mol. The normalized spacial score (nSPS) is 12.7. The second kappa shape index (κ2) is 4.60. The summed E-state index contributed by atoms with van der Waals surface area (Å²) in [5.41, 5.74) is 1.63. The third-order valence-electron chi connectivity index (χ3n) is 2.73. The lowest BCUT2D eigenvalue weighted by molar-refractivity contribution is 0.111.